The van der Waals surface area contributed by atoms with Gasteiger partial charge in [-0.15, -0.1) is 0 Å². The summed E-state index contributed by atoms with van der Waals surface area (Å²) in [6, 6.07) is 3.03. The summed E-state index contributed by atoms with van der Waals surface area (Å²) in [6.45, 7) is 6.34. The standard InChI is InChI=1S/C16H31N3/c1-2-10-19(14-7-5-13(17)6-8-14)16-9-12-18-11-3-4-15(16)18/h13-16H,2-12,17H2,1H3. The molecule has 3 rings (SSSR count). The van der Waals surface area contributed by atoms with Crippen LogP contribution in [0.15, 0.2) is 0 Å². The Morgan fingerprint density at radius 1 is 1.05 bits per heavy atom. The van der Waals surface area contributed by atoms with Crippen molar-refractivity contribution in [3.05, 3.63) is 0 Å². The first-order chi connectivity index (χ1) is 9.29. The number of rotatable bonds is 4. The molecular formula is C16H31N3. The van der Waals surface area contributed by atoms with Crippen LogP contribution in [0.3, 0.4) is 0 Å². The highest BCUT2D eigenvalue weighted by atomic mass is 15.3. The zero-order valence-corrected chi connectivity index (χ0v) is 12.6. The fraction of sp³-hybridized carbons (Fsp3) is 1.00. The number of nitrogens with two attached hydrogens (primary N) is 1. The predicted molar refractivity (Wildman–Crippen MR) is 80.2 cm³/mol. The molecule has 0 aromatic heterocycles. The van der Waals surface area contributed by atoms with Crippen molar-refractivity contribution in [2.75, 3.05) is 19.6 Å². The summed E-state index contributed by atoms with van der Waals surface area (Å²) in [7, 11) is 0. The van der Waals surface area contributed by atoms with Crippen LogP contribution in [0.1, 0.15) is 58.3 Å². The van der Waals surface area contributed by atoms with Crippen LogP contribution in [0.5, 0.6) is 0 Å². The van der Waals surface area contributed by atoms with Crippen LogP contribution < -0.4 is 5.73 Å². The second-order valence-electron chi connectivity index (χ2n) is 6.91. The smallest absolute Gasteiger partial charge is 0.0266 e. The van der Waals surface area contributed by atoms with E-state index in [1.165, 1.54) is 71.0 Å². The van der Waals surface area contributed by atoms with Crippen molar-refractivity contribution in [3.63, 3.8) is 0 Å². The molecule has 2 atom stereocenters. The Morgan fingerprint density at radius 2 is 1.84 bits per heavy atom. The van der Waals surface area contributed by atoms with E-state index in [-0.39, 0.29) is 0 Å². The molecule has 3 nitrogen and oxygen atoms in total. The molecule has 0 radical (unpaired) electrons. The van der Waals surface area contributed by atoms with E-state index in [1.807, 2.05) is 0 Å². The van der Waals surface area contributed by atoms with E-state index in [4.69, 9.17) is 5.73 Å². The van der Waals surface area contributed by atoms with Gasteiger partial charge in [-0.3, -0.25) is 9.80 Å². The first-order valence-corrected chi connectivity index (χ1v) is 8.55. The summed E-state index contributed by atoms with van der Waals surface area (Å²) in [5.74, 6) is 0. The molecular weight excluding hydrogens is 234 g/mol. The maximum atomic E-state index is 6.08. The average molecular weight is 265 g/mol. The van der Waals surface area contributed by atoms with Crippen LogP contribution in [-0.4, -0.2) is 53.6 Å². The Bertz CT molecular complexity index is 286. The summed E-state index contributed by atoms with van der Waals surface area (Å²) >= 11 is 0. The van der Waals surface area contributed by atoms with Crippen LogP contribution in [0.25, 0.3) is 0 Å². The zero-order valence-electron chi connectivity index (χ0n) is 12.6. The lowest BCUT2D eigenvalue weighted by molar-refractivity contribution is 0.0822. The Kier molecular flexibility index (Phi) is 4.45. The van der Waals surface area contributed by atoms with E-state index in [1.54, 1.807) is 0 Å². The average Bonchev–Trinajstić information content (AvgIpc) is 3.00. The van der Waals surface area contributed by atoms with Gasteiger partial charge in [0.15, 0.2) is 0 Å². The minimum absolute atomic E-state index is 0.478. The van der Waals surface area contributed by atoms with Gasteiger partial charge in [-0.2, -0.15) is 0 Å². The molecule has 3 heteroatoms. The van der Waals surface area contributed by atoms with Gasteiger partial charge in [0.2, 0.25) is 0 Å². The molecule has 19 heavy (non-hydrogen) atoms. The minimum Gasteiger partial charge on any atom is -0.328 e. The van der Waals surface area contributed by atoms with Crippen LogP contribution in [-0.2, 0) is 0 Å². The van der Waals surface area contributed by atoms with E-state index in [0.717, 1.165) is 18.1 Å². The monoisotopic (exact) mass is 265 g/mol. The highest BCUT2D eigenvalue weighted by Gasteiger charge is 2.42. The van der Waals surface area contributed by atoms with Gasteiger partial charge in [-0.1, -0.05) is 6.92 Å². The maximum absolute atomic E-state index is 6.08. The molecule has 0 aromatic carbocycles. The first kappa shape index (κ1) is 13.8. The van der Waals surface area contributed by atoms with Gasteiger partial charge >= 0.3 is 0 Å². The van der Waals surface area contributed by atoms with Crippen molar-refractivity contribution >= 4 is 0 Å². The quantitative estimate of drug-likeness (QED) is 0.846. The first-order valence-electron chi connectivity index (χ1n) is 8.55. The van der Waals surface area contributed by atoms with Crippen LogP contribution in [0.4, 0.5) is 0 Å². The zero-order chi connectivity index (χ0) is 13.2. The van der Waals surface area contributed by atoms with Crippen LogP contribution in [0.2, 0.25) is 0 Å². The second-order valence-corrected chi connectivity index (χ2v) is 6.91. The van der Waals surface area contributed by atoms with Gasteiger partial charge in [0.25, 0.3) is 0 Å². The van der Waals surface area contributed by atoms with Crippen LogP contribution in [0, 0.1) is 0 Å². The Labute approximate surface area is 118 Å². The molecule has 0 amide bonds. The molecule has 3 aliphatic rings. The van der Waals surface area contributed by atoms with Gasteiger partial charge in [0.05, 0.1) is 0 Å². The van der Waals surface area contributed by atoms with Crippen molar-refractivity contribution < 1.29 is 0 Å². The molecule has 2 saturated heterocycles. The molecule has 2 N–H and O–H groups in total. The number of fused-ring (bicyclic) bond motifs is 1. The van der Waals surface area contributed by atoms with Crippen molar-refractivity contribution in [3.8, 4) is 0 Å². The molecule has 2 heterocycles. The topological polar surface area (TPSA) is 32.5 Å². The predicted octanol–water partition coefficient (Wildman–Crippen LogP) is 2.21. The van der Waals surface area contributed by atoms with Crippen molar-refractivity contribution in [2.24, 2.45) is 5.73 Å². The van der Waals surface area contributed by atoms with E-state index >= 15 is 0 Å². The molecule has 1 saturated carbocycles. The van der Waals surface area contributed by atoms with Crippen molar-refractivity contribution in [1.82, 2.24) is 9.80 Å². The third-order valence-corrected chi connectivity index (χ3v) is 5.69. The SMILES string of the molecule is CCCN(C1CCC(N)CC1)C1CCN2CCCC12. The molecule has 110 valence electrons. The van der Waals surface area contributed by atoms with Gasteiger partial charge < -0.3 is 5.73 Å². The summed E-state index contributed by atoms with van der Waals surface area (Å²) in [5, 5.41) is 0. The maximum Gasteiger partial charge on any atom is 0.0266 e. The minimum atomic E-state index is 0.478. The lowest BCUT2D eigenvalue weighted by Crippen LogP contribution is -2.50. The Balaban J connectivity index is 1.66. The van der Waals surface area contributed by atoms with Gasteiger partial charge in [-0.05, 0) is 64.5 Å². The number of hydrogen-bond donors (Lipinski definition) is 1. The van der Waals surface area contributed by atoms with E-state index in [2.05, 4.69) is 16.7 Å². The molecule has 2 unspecified atom stereocenters. The Hall–Kier alpha value is -0.120. The molecule has 2 aliphatic heterocycles. The molecule has 1 aliphatic carbocycles. The molecule has 0 spiro atoms. The van der Waals surface area contributed by atoms with Crippen LogP contribution >= 0.6 is 0 Å². The largest absolute Gasteiger partial charge is 0.328 e. The fourth-order valence-electron chi connectivity index (χ4n) is 4.75. The second kappa shape index (κ2) is 6.11. The molecule has 0 aromatic rings. The third kappa shape index (κ3) is 2.84. The molecule has 0 bridgehead atoms. The number of hydrogen-bond acceptors (Lipinski definition) is 3. The summed E-state index contributed by atoms with van der Waals surface area (Å²) in [5.41, 5.74) is 6.08. The number of nitrogens with zero attached hydrogens (tertiary/aromatic N) is 2. The lowest BCUT2D eigenvalue weighted by atomic mass is 9.88. The highest BCUT2D eigenvalue weighted by Crippen LogP contribution is 2.34. The van der Waals surface area contributed by atoms with E-state index in [9.17, 15) is 0 Å². The third-order valence-electron chi connectivity index (χ3n) is 5.69. The van der Waals surface area contributed by atoms with Gasteiger partial charge in [0.1, 0.15) is 0 Å². The van der Waals surface area contributed by atoms with Crippen molar-refractivity contribution in [2.45, 2.75) is 82.5 Å². The molecule has 3 fully saturated rings. The lowest BCUT2D eigenvalue weighted by Gasteiger charge is -2.41. The Morgan fingerprint density at radius 3 is 2.58 bits per heavy atom. The van der Waals surface area contributed by atoms with E-state index in [0.29, 0.717) is 6.04 Å². The van der Waals surface area contributed by atoms with E-state index < -0.39 is 0 Å². The normalized spacial score (nSPS) is 39.9. The van der Waals surface area contributed by atoms with Gasteiger partial charge in [-0.25, -0.2) is 0 Å². The van der Waals surface area contributed by atoms with Gasteiger partial charge in [0, 0.05) is 30.7 Å². The summed E-state index contributed by atoms with van der Waals surface area (Å²) in [6.07, 6.45) is 10.7. The van der Waals surface area contributed by atoms with Crippen molar-refractivity contribution in [1.29, 1.82) is 0 Å². The summed E-state index contributed by atoms with van der Waals surface area (Å²) < 4.78 is 0. The highest BCUT2D eigenvalue weighted by molar-refractivity contribution is 4.99. The summed E-state index contributed by atoms with van der Waals surface area (Å²) in [4.78, 5) is 5.64. The fourth-order valence-corrected chi connectivity index (χ4v) is 4.75.